The largest absolute Gasteiger partial charge is 0.486 e. The maximum absolute atomic E-state index is 12.6. The highest BCUT2D eigenvalue weighted by Crippen LogP contribution is 2.34. The molecule has 3 rings (SSSR count). The van der Waals surface area contributed by atoms with E-state index in [1.165, 1.54) is 6.07 Å². The fraction of sp³-hybridized carbons (Fsp3) is 0.350. The fourth-order valence-electron chi connectivity index (χ4n) is 3.12. The van der Waals surface area contributed by atoms with Crippen molar-refractivity contribution in [3.8, 4) is 11.5 Å². The van der Waals surface area contributed by atoms with Crippen molar-refractivity contribution in [3.63, 3.8) is 0 Å². The van der Waals surface area contributed by atoms with Crippen LogP contribution in [-0.2, 0) is 11.2 Å². The molecule has 1 heterocycles. The zero-order valence-corrected chi connectivity index (χ0v) is 15.3. The molecule has 0 saturated heterocycles. The van der Waals surface area contributed by atoms with Crippen molar-refractivity contribution >= 4 is 11.6 Å². The van der Waals surface area contributed by atoms with E-state index in [4.69, 9.17) is 9.47 Å². The number of rotatable bonds is 6. The van der Waals surface area contributed by atoms with Gasteiger partial charge in [0.1, 0.15) is 13.2 Å². The Labute approximate surface area is 157 Å². The zero-order valence-electron chi connectivity index (χ0n) is 15.3. The van der Waals surface area contributed by atoms with E-state index in [0.717, 1.165) is 5.56 Å². The summed E-state index contributed by atoms with van der Waals surface area (Å²) in [6.07, 6.45) is -0.0507. The first-order chi connectivity index (χ1) is 13.0. The summed E-state index contributed by atoms with van der Waals surface area (Å²) >= 11 is 0. The Bertz CT molecular complexity index is 850. The van der Waals surface area contributed by atoms with Crippen molar-refractivity contribution in [2.45, 2.75) is 26.3 Å². The van der Waals surface area contributed by atoms with Crippen molar-refractivity contribution in [2.75, 3.05) is 13.2 Å². The monoisotopic (exact) mass is 370 g/mol. The molecule has 0 aliphatic carbocycles. The number of fused-ring (bicyclic) bond motifs is 1. The minimum Gasteiger partial charge on any atom is -0.486 e. The highest BCUT2D eigenvalue weighted by molar-refractivity contribution is 5.80. The third kappa shape index (κ3) is 4.36. The van der Waals surface area contributed by atoms with Gasteiger partial charge in [0.15, 0.2) is 11.5 Å². The third-order valence-electron chi connectivity index (χ3n) is 4.45. The summed E-state index contributed by atoms with van der Waals surface area (Å²) in [7, 11) is 0. The molecule has 1 aliphatic rings. The van der Waals surface area contributed by atoms with E-state index in [1.54, 1.807) is 18.2 Å². The molecule has 1 amide bonds. The summed E-state index contributed by atoms with van der Waals surface area (Å²) in [4.78, 5) is 23.2. The first-order valence-electron chi connectivity index (χ1n) is 8.87. The Balaban J connectivity index is 1.77. The second-order valence-electron chi connectivity index (χ2n) is 6.75. The molecule has 0 bridgehead atoms. The third-order valence-corrected chi connectivity index (χ3v) is 4.45. The minimum absolute atomic E-state index is 0.0481. The van der Waals surface area contributed by atoms with Gasteiger partial charge in [-0.15, -0.1) is 0 Å². The number of para-hydroxylation sites is 1. The summed E-state index contributed by atoms with van der Waals surface area (Å²) in [6.45, 7) is 5.03. The molecular weight excluding hydrogens is 348 g/mol. The number of carbonyl (C=O) groups excluding carboxylic acids is 1. The van der Waals surface area contributed by atoms with Crippen LogP contribution in [0, 0.1) is 16.0 Å². The Hall–Kier alpha value is -3.09. The van der Waals surface area contributed by atoms with Crippen LogP contribution in [0.5, 0.6) is 11.5 Å². The van der Waals surface area contributed by atoms with Crippen LogP contribution in [0.3, 0.4) is 0 Å². The Morgan fingerprint density at radius 2 is 1.85 bits per heavy atom. The van der Waals surface area contributed by atoms with Crippen LogP contribution >= 0.6 is 0 Å². The lowest BCUT2D eigenvalue weighted by Gasteiger charge is -2.25. The quantitative estimate of drug-likeness (QED) is 0.621. The molecule has 1 N–H and O–H groups in total. The zero-order chi connectivity index (χ0) is 19.4. The average Bonchev–Trinajstić information content (AvgIpc) is 2.65. The van der Waals surface area contributed by atoms with E-state index >= 15 is 0 Å². The number of hydrogen-bond donors (Lipinski definition) is 1. The van der Waals surface area contributed by atoms with Crippen LogP contribution < -0.4 is 14.8 Å². The van der Waals surface area contributed by atoms with Crippen LogP contribution in [0.15, 0.2) is 42.5 Å². The van der Waals surface area contributed by atoms with Crippen molar-refractivity contribution in [3.05, 3.63) is 63.7 Å². The number of nitro benzene ring substituents is 1. The van der Waals surface area contributed by atoms with Gasteiger partial charge < -0.3 is 14.8 Å². The first-order valence-corrected chi connectivity index (χ1v) is 8.87. The van der Waals surface area contributed by atoms with Gasteiger partial charge in [-0.1, -0.05) is 38.1 Å². The molecule has 7 nitrogen and oxygen atoms in total. The molecule has 1 atom stereocenters. The van der Waals surface area contributed by atoms with Crippen molar-refractivity contribution < 1.29 is 19.2 Å². The Kier molecular flexibility index (Phi) is 5.59. The normalized spacial score (nSPS) is 13.9. The molecule has 0 radical (unpaired) electrons. The van der Waals surface area contributed by atoms with Gasteiger partial charge >= 0.3 is 0 Å². The minimum atomic E-state index is -0.469. The predicted molar refractivity (Wildman–Crippen MR) is 100.0 cm³/mol. The lowest BCUT2D eigenvalue weighted by molar-refractivity contribution is -0.385. The van der Waals surface area contributed by atoms with Crippen LogP contribution in [0.2, 0.25) is 0 Å². The van der Waals surface area contributed by atoms with E-state index in [9.17, 15) is 14.9 Å². The Morgan fingerprint density at radius 1 is 1.15 bits per heavy atom. The van der Waals surface area contributed by atoms with Crippen LogP contribution in [0.1, 0.15) is 31.0 Å². The van der Waals surface area contributed by atoms with Crippen LogP contribution in [0.25, 0.3) is 0 Å². The number of nitro groups is 1. The Morgan fingerprint density at radius 3 is 2.56 bits per heavy atom. The summed E-state index contributed by atoms with van der Waals surface area (Å²) in [5.74, 6) is 1.22. The molecule has 0 aromatic heterocycles. The highest BCUT2D eigenvalue weighted by atomic mass is 16.6. The lowest BCUT2D eigenvalue weighted by atomic mass is 9.95. The summed E-state index contributed by atoms with van der Waals surface area (Å²) < 4.78 is 11.2. The number of carbonyl (C=O) groups is 1. The van der Waals surface area contributed by atoms with Gasteiger partial charge in [0.2, 0.25) is 5.91 Å². The number of ether oxygens (including phenoxy) is 2. The SMILES string of the molecule is CC(C)[C@@H](NC(=O)Cc1ccccc1[N+](=O)[O-])c1ccc2c(c1)OCCO2. The van der Waals surface area contributed by atoms with Crippen LogP contribution in [0.4, 0.5) is 5.69 Å². The standard InChI is InChI=1S/C20H22N2O5/c1-13(2)20(15-7-8-17-18(11-15)27-10-9-26-17)21-19(23)12-14-5-3-4-6-16(14)22(24)25/h3-8,11,13,20H,9-10,12H2,1-2H3,(H,21,23)/t20-/m1/s1. The molecule has 7 heteroatoms. The molecule has 2 aromatic carbocycles. The van der Waals surface area contributed by atoms with Gasteiger partial charge in [0, 0.05) is 11.6 Å². The van der Waals surface area contributed by atoms with Crippen molar-refractivity contribution in [1.29, 1.82) is 0 Å². The van der Waals surface area contributed by atoms with Gasteiger partial charge in [-0.25, -0.2) is 0 Å². The van der Waals surface area contributed by atoms with E-state index in [0.29, 0.717) is 30.3 Å². The van der Waals surface area contributed by atoms with Gasteiger partial charge in [0.05, 0.1) is 17.4 Å². The molecule has 27 heavy (non-hydrogen) atoms. The molecule has 0 spiro atoms. The first kappa shape index (κ1) is 18.7. The van der Waals surface area contributed by atoms with Gasteiger partial charge in [-0.3, -0.25) is 14.9 Å². The molecule has 0 unspecified atom stereocenters. The maximum Gasteiger partial charge on any atom is 0.273 e. The van der Waals surface area contributed by atoms with Crippen molar-refractivity contribution in [2.24, 2.45) is 5.92 Å². The van der Waals surface area contributed by atoms with Gasteiger partial charge in [-0.2, -0.15) is 0 Å². The van der Waals surface area contributed by atoms with E-state index in [-0.39, 0.29) is 30.0 Å². The van der Waals surface area contributed by atoms with Gasteiger partial charge in [0.25, 0.3) is 5.69 Å². The molecular formula is C20H22N2O5. The number of amides is 1. The number of benzene rings is 2. The smallest absolute Gasteiger partial charge is 0.273 e. The second kappa shape index (κ2) is 8.07. The van der Waals surface area contributed by atoms with Gasteiger partial charge in [-0.05, 0) is 23.6 Å². The lowest BCUT2D eigenvalue weighted by Crippen LogP contribution is -2.33. The number of nitrogens with one attached hydrogen (secondary N) is 1. The predicted octanol–water partition coefficient (Wildman–Crippen LogP) is 3.42. The van der Waals surface area contributed by atoms with Crippen LogP contribution in [-0.4, -0.2) is 24.0 Å². The highest BCUT2D eigenvalue weighted by Gasteiger charge is 2.23. The molecule has 0 fully saturated rings. The molecule has 1 aliphatic heterocycles. The average molecular weight is 370 g/mol. The van der Waals surface area contributed by atoms with Crippen molar-refractivity contribution in [1.82, 2.24) is 5.32 Å². The topological polar surface area (TPSA) is 90.7 Å². The summed E-state index contributed by atoms with van der Waals surface area (Å²) in [5.41, 5.74) is 1.25. The van der Waals surface area contributed by atoms with E-state index < -0.39 is 4.92 Å². The molecule has 0 saturated carbocycles. The number of nitrogens with zero attached hydrogens (tertiary/aromatic N) is 1. The van der Waals surface area contributed by atoms with E-state index in [2.05, 4.69) is 5.32 Å². The molecule has 2 aromatic rings. The summed E-state index contributed by atoms with van der Waals surface area (Å²) in [6, 6.07) is 11.7. The molecule has 142 valence electrons. The van der Waals surface area contributed by atoms with E-state index in [1.807, 2.05) is 32.0 Å². The second-order valence-corrected chi connectivity index (χ2v) is 6.75. The fourth-order valence-corrected chi connectivity index (χ4v) is 3.12. The maximum atomic E-state index is 12.6. The number of hydrogen-bond acceptors (Lipinski definition) is 5. The summed E-state index contributed by atoms with van der Waals surface area (Å²) in [5, 5.41) is 14.1.